The Labute approximate surface area is 116 Å². The van der Waals surface area contributed by atoms with Crippen molar-refractivity contribution in [2.75, 3.05) is 11.1 Å². The monoisotopic (exact) mass is 303 g/mol. The highest BCUT2D eigenvalue weighted by Gasteiger charge is 2.37. The maximum absolute atomic E-state index is 11.4. The van der Waals surface area contributed by atoms with Gasteiger partial charge in [-0.2, -0.15) is 23.4 Å². The van der Waals surface area contributed by atoms with E-state index in [0.29, 0.717) is 25.2 Å². The molecule has 20 heavy (non-hydrogen) atoms. The molecule has 0 aromatic carbocycles. The average Bonchev–Trinajstić information content (AvgIpc) is 2.25. The predicted molar refractivity (Wildman–Crippen MR) is 71.7 cm³/mol. The molecule has 3 atom stereocenters. The van der Waals surface area contributed by atoms with Gasteiger partial charge in [0.1, 0.15) is 5.25 Å². The van der Waals surface area contributed by atoms with E-state index >= 15 is 0 Å². The number of aromatic hydroxyl groups is 1. The highest BCUT2D eigenvalue weighted by Crippen LogP contribution is 2.30. The molecule has 0 amide bonds. The van der Waals surface area contributed by atoms with Crippen LogP contribution in [0, 0.1) is 5.92 Å². The molecule has 1 aliphatic rings. The van der Waals surface area contributed by atoms with E-state index in [4.69, 9.17) is 5.73 Å². The molecule has 1 aliphatic carbocycles. The third-order valence-corrected chi connectivity index (χ3v) is 4.72. The summed E-state index contributed by atoms with van der Waals surface area (Å²) in [6.07, 6.45) is 1.61. The predicted octanol–water partition coefficient (Wildman–Crippen LogP) is 0.0163. The van der Waals surface area contributed by atoms with Gasteiger partial charge in [0, 0.05) is 6.04 Å². The molecular weight excluding hydrogens is 286 g/mol. The van der Waals surface area contributed by atoms with Crippen LogP contribution in [0.5, 0.6) is 6.01 Å². The molecule has 1 aromatic heterocycles. The van der Waals surface area contributed by atoms with Crippen molar-refractivity contribution >= 4 is 22.0 Å². The van der Waals surface area contributed by atoms with Gasteiger partial charge >= 0.3 is 6.01 Å². The van der Waals surface area contributed by atoms with Gasteiger partial charge in [-0.1, -0.05) is 6.92 Å². The van der Waals surface area contributed by atoms with E-state index in [0.717, 1.165) is 0 Å². The summed E-state index contributed by atoms with van der Waals surface area (Å²) in [6, 6.07) is -1.10. The lowest BCUT2D eigenvalue weighted by molar-refractivity contribution is 0.340. The SMILES string of the molecule is CC1CCC(S(=O)(=O)O)C(Nc2nc(N)nc(O)n2)C1. The van der Waals surface area contributed by atoms with Crippen LogP contribution in [0.4, 0.5) is 11.9 Å². The highest BCUT2D eigenvalue weighted by atomic mass is 32.2. The summed E-state index contributed by atoms with van der Waals surface area (Å²) in [5.41, 5.74) is 5.38. The topological polar surface area (TPSA) is 151 Å². The molecule has 2 rings (SSSR count). The molecule has 1 saturated carbocycles. The first-order chi connectivity index (χ1) is 9.25. The Kier molecular flexibility index (Phi) is 3.95. The Hall–Kier alpha value is -1.68. The molecule has 5 N–H and O–H groups in total. The van der Waals surface area contributed by atoms with Crippen molar-refractivity contribution in [1.82, 2.24) is 15.0 Å². The van der Waals surface area contributed by atoms with Crippen molar-refractivity contribution in [3.63, 3.8) is 0 Å². The summed E-state index contributed by atoms with van der Waals surface area (Å²) in [5, 5.41) is 11.1. The van der Waals surface area contributed by atoms with Gasteiger partial charge in [0.25, 0.3) is 10.1 Å². The number of anilines is 2. The number of hydrogen-bond acceptors (Lipinski definition) is 8. The number of nitrogens with zero attached hydrogens (tertiary/aromatic N) is 3. The minimum absolute atomic E-state index is 0.0113. The van der Waals surface area contributed by atoms with E-state index < -0.39 is 27.4 Å². The Morgan fingerprint density at radius 2 is 2.00 bits per heavy atom. The van der Waals surface area contributed by atoms with Gasteiger partial charge < -0.3 is 16.2 Å². The van der Waals surface area contributed by atoms with E-state index in [1.165, 1.54) is 0 Å². The standard InChI is InChI=1S/C10H17N5O4S/c1-5-2-3-7(20(17,18)19)6(4-5)12-9-13-8(11)14-10(16)15-9/h5-7H,2-4H2,1H3,(H,17,18,19)(H4,11,12,13,14,15,16). The van der Waals surface area contributed by atoms with Gasteiger partial charge in [0.15, 0.2) is 0 Å². The maximum Gasteiger partial charge on any atom is 0.320 e. The molecule has 9 nitrogen and oxygen atoms in total. The number of nitrogen functional groups attached to an aromatic ring is 1. The van der Waals surface area contributed by atoms with Gasteiger partial charge in [-0.05, 0) is 25.2 Å². The summed E-state index contributed by atoms with van der Waals surface area (Å²) < 4.78 is 32.1. The molecule has 1 aromatic rings. The van der Waals surface area contributed by atoms with Crippen LogP contribution in [0.3, 0.4) is 0 Å². The summed E-state index contributed by atoms with van der Waals surface area (Å²) in [6.45, 7) is 1.99. The van der Waals surface area contributed by atoms with Gasteiger partial charge in [0.05, 0.1) is 0 Å². The fraction of sp³-hybridized carbons (Fsp3) is 0.700. The summed E-state index contributed by atoms with van der Waals surface area (Å²) in [4.78, 5) is 10.8. The minimum Gasteiger partial charge on any atom is -0.479 e. The van der Waals surface area contributed by atoms with Crippen molar-refractivity contribution in [1.29, 1.82) is 0 Å². The number of hydrogen-bond donors (Lipinski definition) is 4. The van der Waals surface area contributed by atoms with Crippen molar-refractivity contribution in [2.24, 2.45) is 5.92 Å². The first-order valence-electron chi connectivity index (χ1n) is 6.19. The second-order valence-electron chi connectivity index (χ2n) is 5.04. The molecule has 0 aliphatic heterocycles. The Morgan fingerprint density at radius 3 is 2.60 bits per heavy atom. The molecule has 0 spiro atoms. The van der Waals surface area contributed by atoms with Crippen molar-refractivity contribution in [2.45, 2.75) is 37.5 Å². The zero-order chi connectivity index (χ0) is 14.9. The molecule has 0 saturated heterocycles. The summed E-state index contributed by atoms with van der Waals surface area (Å²) in [7, 11) is -4.17. The average molecular weight is 303 g/mol. The fourth-order valence-electron chi connectivity index (χ4n) is 2.47. The number of aromatic nitrogens is 3. The van der Waals surface area contributed by atoms with Crippen molar-refractivity contribution in [3.8, 4) is 6.01 Å². The van der Waals surface area contributed by atoms with Crippen LogP contribution >= 0.6 is 0 Å². The zero-order valence-corrected chi connectivity index (χ0v) is 11.7. The number of rotatable bonds is 3. The lowest BCUT2D eigenvalue weighted by Crippen LogP contribution is -2.44. The quantitative estimate of drug-likeness (QED) is 0.566. The largest absolute Gasteiger partial charge is 0.479 e. The van der Waals surface area contributed by atoms with Crippen LogP contribution in [0.2, 0.25) is 0 Å². The normalized spacial score (nSPS) is 27.2. The fourth-order valence-corrected chi connectivity index (χ4v) is 3.50. The molecule has 3 unspecified atom stereocenters. The van der Waals surface area contributed by atoms with Crippen LogP contribution in [-0.2, 0) is 10.1 Å². The van der Waals surface area contributed by atoms with Crippen LogP contribution in [0.1, 0.15) is 26.2 Å². The summed E-state index contributed by atoms with van der Waals surface area (Å²) >= 11 is 0. The Bertz CT molecular complexity index is 573. The smallest absolute Gasteiger partial charge is 0.320 e. The molecule has 1 fully saturated rings. The second kappa shape index (κ2) is 5.37. The van der Waals surface area contributed by atoms with E-state index in [-0.39, 0.29) is 11.9 Å². The summed E-state index contributed by atoms with van der Waals surface area (Å²) in [5.74, 6) is 0.119. The van der Waals surface area contributed by atoms with Crippen LogP contribution in [0.25, 0.3) is 0 Å². The van der Waals surface area contributed by atoms with Gasteiger partial charge in [-0.25, -0.2) is 0 Å². The minimum atomic E-state index is -4.17. The lowest BCUT2D eigenvalue weighted by atomic mass is 9.86. The van der Waals surface area contributed by atoms with Crippen molar-refractivity contribution < 1.29 is 18.1 Å². The molecular formula is C10H17N5O4S. The lowest BCUT2D eigenvalue weighted by Gasteiger charge is -2.33. The van der Waals surface area contributed by atoms with Crippen LogP contribution in [-0.4, -0.2) is 44.3 Å². The third kappa shape index (κ3) is 3.45. The van der Waals surface area contributed by atoms with Crippen LogP contribution < -0.4 is 11.1 Å². The third-order valence-electron chi connectivity index (χ3n) is 3.39. The van der Waals surface area contributed by atoms with Gasteiger partial charge in [-0.15, -0.1) is 0 Å². The van der Waals surface area contributed by atoms with E-state index in [1.54, 1.807) is 0 Å². The zero-order valence-electron chi connectivity index (χ0n) is 10.9. The van der Waals surface area contributed by atoms with Crippen LogP contribution in [0.15, 0.2) is 0 Å². The van der Waals surface area contributed by atoms with E-state index in [2.05, 4.69) is 20.3 Å². The molecule has 112 valence electrons. The van der Waals surface area contributed by atoms with E-state index in [1.807, 2.05) is 6.92 Å². The Morgan fingerprint density at radius 1 is 1.30 bits per heavy atom. The molecule has 10 heteroatoms. The number of nitrogens with two attached hydrogens (primary N) is 1. The maximum atomic E-state index is 11.4. The van der Waals surface area contributed by atoms with Gasteiger partial charge in [0.2, 0.25) is 11.9 Å². The molecule has 1 heterocycles. The first kappa shape index (κ1) is 14.7. The van der Waals surface area contributed by atoms with Crippen molar-refractivity contribution in [3.05, 3.63) is 0 Å². The highest BCUT2D eigenvalue weighted by molar-refractivity contribution is 7.86. The Balaban J connectivity index is 2.23. The molecule has 0 bridgehead atoms. The number of nitrogens with one attached hydrogen (secondary N) is 1. The van der Waals surface area contributed by atoms with E-state index in [9.17, 15) is 18.1 Å². The van der Waals surface area contributed by atoms with Gasteiger partial charge in [-0.3, -0.25) is 4.55 Å². The molecule has 0 radical (unpaired) electrons. The first-order valence-corrected chi connectivity index (χ1v) is 7.69. The second-order valence-corrected chi connectivity index (χ2v) is 6.68.